The standard InChI is InChI=1S/C18H23FN2/c1-5-14-8-7-9-21-17(14)18(20-6-2)16-13(4)10-12(3)11-15(16)19/h7-11,18,20H,5-6H2,1-4H3. The number of rotatable bonds is 5. The molecule has 1 aromatic carbocycles. The minimum atomic E-state index is -0.202. The van der Waals surface area contributed by atoms with Gasteiger partial charge in [-0.3, -0.25) is 4.98 Å². The Labute approximate surface area is 126 Å². The molecule has 1 N–H and O–H groups in total. The smallest absolute Gasteiger partial charge is 0.128 e. The van der Waals surface area contributed by atoms with E-state index in [1.54, 1.807) is 12.3 Å². The Kier molecular flexibility index (Phi) is 5.07. The lowest BCUT2D eigenvalue weighted by molar-refractivity contribution is 0.545. The minimum absolute atomic E-state index is 0.161. The van der Waals surface area contributed by atoms with Crippen LogP contribution in [0.2, 0.25) is 0 Å². The molecule has 3 heteroatoms. The van der Waals surface area contributed by atoms with Crippen LogP contribution in [0.4, 0.5) is 4.39 Å². The van der Waals surface area contributed by atoms with Crippen molar-refractivity contribution in [2.24, 2.45) is 0 Å². The van der Waals surface area contributed by atoms with Crippen molar-refractivity contribution in [1.82, 2.24) is 10.3 Å². The Morgan fingerprint density at radius 3 is 2.62 bits per heavy atom. The third kappa shape index (κ3) is 3.30. The second-order valence-electron chi connectivity index (χ2n) is 5.37. The molecule has 0 fully saturated rings. The Bertz CT molecular complexity index is 599. The van der Waals surface area contributed by atoms with Crippen molar-refractivity contribution in [3.8, 4) is 0 Å². The molecule has 0 aliphatic heterocycles. The lowest BCUT2D eigenvalue weighted by atomic mass is 9.93. The van der Waals surface area contributed by atoms with Crippen LogP contribution in [0.25, 0.3) is 0 Å². The predicted molar refractivity (Wildman–Crippen MR) is 85.0 cm³/mol. The first-order valence-corrected chi connectivity index (χ1v) is 7.52. The van der Waals surface area contributed by atoms with Crippen molar-refractivity contribution in [3.63, 3.8) is 0 Å². The molecule has 0 radical (unpaired) electrons. The second kappa shape index (κ2) is 6.81. The quantitative estimate of drug-likeness (QED) is 0.895. The molecule has 0 amide bonds. The first-order chi connectivity index (χ1) is 10.1. The predicted octanol–water partition coefficient (Wildman–Crippen LogP) is 4.10. The molecule has 1 unspecified atom stereocenters. The van der Waals surface area contributed by atoms with Crippen LogP contribution in [0.15, 0.2) is 30.5 Å². The molecule has 0 spiro atoms. The number of hydrogen-bond donors (Lipinski definition) is 1. The Hall–Kier alpha value is -1.74. The number of nitrogens with one attached hydrogen (secondary N) is 1. The summed E-state index contributed by atoms with van der Waals surface area (Å²) in [6.07, 6.45) is 2.66. The number of halogens is 1. The fraction of sp³-hybridized carbons (Fsp3) is 0.389. The highest BCUT2D eigenvalue weighted by Crippen LogP contribution is 2.29. The van der Waals surface area contributed by atoms with Gasteiger partial charge in [0, 0.05) is 11.8 Å². The Morgan fingerprint density at radius 1 is 1.24 bits per heavy atom. The van der Waals surface area contributed by atoms with E-state index in [1.165, 1.54) is 0 Å². The maximum atomic E-state index is 14.5. The van der Waals surface area contributed by atoms with Crippen molar-refractivity contribution in [3.05, 3.63) is 64.2 Å². The van der Waals surface area contributed by atoms with Crippen LogP contribution in [0.1, 0.15) is 47.8 Å². The van der Waals surface area contributed by atoms with E-state index >= 15 is 0 Å². The van der Waals surface area contributed by atoms with Crippen molar-refractivity contribution in [2.45, 2.75) is 40.2 Å². The SMILES string of the molecule is CCNC(c1ncccc1CC)c1c(C)cc(C)cc1F. The molecule has 0 aliphatic rings. The summed E-state index contributed by atoms with van der Waals surface area (Å²) in [5, 5.41) is 3.39. The van der Waals surface area contributed by atoms with Crippen molar-refractivity contribution >= 4 is 0 Å². The van der Waals surface area contributed by atoms with Gasteiger partial charge in [-0.2, -0.15) is 0 Å². The van der Waals surface area contributed by atoms with Crippen LogP contribution in [-0.2, 0) is 6.42 Å². The average molecular weight is 286 g/mol. The lowest BCUT2D eigenvalue weighted by Crippen LogP contribution is -2.26. The Morgan fingerprint density at radius 2 is 2.00 bits per heavy atom. The van der Waals surface area contributed by atoms with Gasteiger partial charge in [0.15, 0.2) is 0 Å². The van der Waals surface area contributed by atoms with Gasteiger partial charge in [0.2, 0.25) is 0 Å². The van der Waals surface area contributed by atoms with Crippen LogP contribution >= 0.6 is 0 Å². The summed E-state index contributed by atoms with van der Waals surface area (Å²) in [6, 6.07) is 7.42. The van der Waals surface area contributed by atoms with Gasteiger partial charge in [-0.15, -0.1) is 0 Å². The minimum Gasteiger partial charge on any atom is -0.305 e. The molecule has 1 heterocycles. The van der Waals surface area contributed by atoms with Crippen molar-refractivity contribution in [1.29, 1.82) is 0 Å². The fourth-order valence-corrected chi connectivity index (χ4v) is 2.84. The third-order valence-electron chi connectivity index (χ3n) is 3.76. The van der Waals surface area contributed by atoms with E-state index < -0.39 is 0 Å². The molecule has 2 aromatic rings. The van der Waals surface area contributed by atoms with Gasteiger partial charge in [0.1, 0.15) is 5.82 Å². The summed E-state index contributed by atoms with van der Waals surface area (Å²) < 4.78 is 14.5. The van der Waals surface area contributed by atoms with Gasteiger partial charge in [0.25, 0.3) is 0 Å². The zero-order valence-electron chi connectivity index (χ0n) is 13.2. The summed E-state index contributed by atoms with van der Waals surface area (Å²) in [4.78, 5) is 4.52. The van der Waals surface area contributed by atoms with Crippen molar-refractivity contribution < 1.29 is 4.39 Å². The molecular formula is C18H23FN2. The number of nitrogens with zero attached hydrogens (tertiary/aromatic N) is 1. The van der Waals surface area contributed by atoms with Crippen LogP contribution in [0.5, 0.6) is 0 Å². The number of aromatic nitrogens is 1. The number of hydrogen-bond acceptors (Lipinski definition) is 2. The fourth-order valence-electron chi connectivity index (χ4n) is 2.84. The highest BCUT2D eigenvalue weighted by Gasteiger charge is 2.22. The molecule has 1 atom stereocenters. The van der Waals surface area contributed by atoms with Crippen molar-refractivity contribution in [2.75, 3.05) is 6.54 Å². The van der Waals surface area contributed by atoms with Gasteiger partial charge < -0.3 is 5.32 Å². The molecule has 1 aromatic heterocycles. The molecule has 0 saturated carbocycles. The van der Waals surface area contributed by atoms with Crippen LogP contribution in [0.3, 0.4) is 0 Å². The first kappa shape index (κ1) is 15.6. The summed E-state index contributed by atoms with van der Waals surface area (Å²) >= 11 is 0. The highest BCUT2D eigenvalue weighted by atomic mass is 19.1. The molecule has 21 heavy (non-hydrogen) atoms. The van der Waals surface area contributed by atoms with Crippen LogP contribution < -0.4 is 5.32 Å². The number of benzene rings is 1. The molecule has 0 aliphatic carbocycles. The molecular weight excluding hydrogens is 263 g/mol. The van der Waals surface area contributed by atoms with Crippen LogP contribution in [0, 0.1) is 19.7 Å². The van der Waals surface area contributed by atoms with Gasteiger partial charge in [0.05, 0.1) is 11.7 Å². The third-order valence-corrected chi connectivity index (χ3v) is 3.76. The van der Waals surface area contributed by atoms with E-state index in [9.17, 15) is 4.39 Å². The maximum absolute atomic E-state index is 14.5. The van der Waals surface area contributed by atoms with E-state index in [-0.39, 0.29) is 11.9 Å². The zero-order chi connectivity index (χ0) is 15.4. The zero-order valence-corrected chi connectivity index (χ0v) is 13.2. The van der Waals surface area contributed by atoms with E-state index in [4.69, 9.17) is 0 Å². The van der Waals surface area contributed by atoms with Gasteiger partial charge in [-0.25, -0.2) is 4.39 Å². The Balaban J connectivity index is 2.59. The summed E-state index contributed by atoms with van der Waals surface area (Å²) in [5.74, 6) is -0.161. The summed E-state index contributed by atoms with van der Waals surface area (Å²) in [6.45, 7) is 8.77. The second-order valence-corrected chi connectivity index (χ2v) is 5.37. The topological polar surface area (TPSA) is 24.9 Å². The van der Waals surface area contributed by atoms with E-state index in [0.717, 1.165) is 35.3 Å². The summed E-state index contributed by atoms with van der Waals surface area (Å²) in [7, 11) is 0. The highest BCUT2D eigenvalue weighted by molar-refractivity contribution is 5.40. The average Bonchev–Trinajstić information content (AvgIpc) is 2.45. The molecule has 112 valence electrons. The number of pyridine rings is 1. The van der Waals surface area contributed by atoms with Gasteiger partial charge >= 0.3 is 0 Å². The largest absolute Gasteiger partial charge is 0.305 e. The molecule has 2 rings (SSSR count). The maximum Gasteiger partial charge on any atom is 0.128 e. The van der Waals surface area contributed by atoms with Gasteiger partial charge in [-0.05, 0) is 55.6 Å². The number of aryl methyl sites for hydroxylation is 3. The monoisotopic (exact) mass is 286 g/mol. The van der Waals surface area contributed by atoms with E-state index in [2.05, 4.69) is 23.3 Å². The van der Waals surface area contributed by atoms with Gasteiger partial charge in [-0.1, -0.05) is 26.0 Å². The molecule has 0 saturated heterocycles. The van der Waals surface area contributed by atoms with E-state index in [0.29, 0.717) is 5.56 Å². The first-order valence-electron chi connectivity index (χ1n) is 7.52. The molecule has 2 nitrogen and oxygen atoms in total. The molecule has 0 bridgehead atoms. The normalized spacial score (nSPS) is 12.4. The van der Waals surface area contributed by atoms with Crippen LogP contribution in [-0.4, -0.2) is 11.5 Å². The lowest BCUT2D eigenvalue weighted by Gasteiger charge is -2.23. The summed E-state index contributed by atoms with van der Waals surface area (Å²) in [5.41, 5.74) is 4.69. The van der Waals surface area contributed by atoms with E-state index in [1.807, 2.05) is 32.9 Å².